The quantitative estimate of drug-likeness (QED) is 0.658. The molecule has 0 aromatic carbocycles. The molecule has 1 N–H and O–H groups in total. The third-order valence-electron chi connectivity index (χ3n) is 4.50. The molecule has 1 aliphatic carbocycles. The Labute approximate surface area is 126 Å². The molecule has 0 saturated heterocycles. The topological polar surface area (TPSA) is 24.5 Å². The van der Waals surface area contributed by atoms with Crippen LogP contribution in [0.1, 0.15) is 53.4 Å². The second kappa shape index (κ2) is 9.01. The van der Waals surface area contributed by atoms with Crippen LogP contribution < -0.4 is 5.32 Å². The van der Waals surface area contributed by atoms with Crippen LogP contribution in [0, 0.1) is 11.3 Å². The highest BCUT2D eigenvalue weighted by molar-refractivity contribution is 4.89. The number of likely N-dealkylation sites (N-methyl/N-ethyl adjacent to an activating group) is 1. The number of ether oxygens (including phenoxy) is 1. The van der Waals surface area contributed by atoms with Gasteiger partial charge in [0.25, 0.3) is 0 Å². The fourth-order valence-electron chi connectivity index (χ4n) is 3.57. The van der Waals surface area contributed by atoms with Crippen molar-refractivity contribution in [2.75, 3.05) is 39.9 Å². The molecule has 2 unspecified atom stereocenters. The molecule has 120 valence electrons. The minimum Gasteiger partial charge on any atom is -0.380 e. The Morgan fingerprint density at radius 2 is 2.15 bits per heavy atom. The van der Waals surface area contributed by atoms with Crippen molar-refractivity contribution in [3.63, 3.8) is 0 Å². The molecular formula is C17H36N2O. The van der Waals surface area contributed by atoms with E-state index in [9.17, 15) is 0 Å². The first-order valence-electron chi connectivity index (χ1n) is 8.47. The molecule has 0 radical (unpaired) electrons. The van der Waals surface area contributed by atoms with Crippen LogP contribution in [-0.4, -0.2) is 50.8 Å². The van der Waals surface area contributed by atoms with E-state index >= 15 is 0 Å². The zero-order valence-corrected chi connectivity index (χ0v) is 14.4. The molecule has 0 aliphatic heterocycles. The molecule has 3 heteroatoms. The molecule has 3 nitrogen and oxygen atoms in total. The van der Waals surface area contributed by atoms with Crippen molar-refractivity contribution in [2.45, 2.75) is 59.4 Å². The summed E-state index contributed by atoms with van der Waals surface area (Å²) in [6, 6.07) is 0.581. The van der Waals surface area contributed by atoms with Gasteiger partial charge in [0, 0.05) is 32.3 Å². The van der Waals surface area contributed by atoms with Crippen molar-refractivity contribution in [1.82, 2.24) is 10.2 Å². The maximum Gasteiger partial charge on any atom is 0.0593 e. The van der Waals surface area contributed by atoms with Crippen molar-refractivity contribution < 1.29 is 4.74 Å². The minimum atomic E-state index is 0.461. The lowest BCUT2D eigenvalue weighted by molar-refractivity contribution is 0.0667. The number of hydrogen-bond acceptors (Lipinski definition) is 3. The van der Waals surface area contributed by atoms with Gasteiger partial charge in [-0.1, -0.05) is 33.6 Å². The molecular weight excluding hydrogens is 248 g/mol. The van der Waals surface area contributed by atoms with E-state index in [-0.39, 0.29) is 0 Å². The summed E-state index contributed by atoms with van der Waals surface area (Å²) in [7, 11) is 2.25. The maximum atomic E-state index is 5.49. The van der Waals surface area contributed by atoms with Crippen molar-refractivity contribution in [3.05, 3.63) is 0 Å². The first-order valence-corrected chi connectivity index (χ1v) is 8.47. The molecule has 0 heterocycles. The van der Waals surface area contributed by atoms with Gasteiger partial charge < -0.3 is 15.0 Å². The van der Waals surface area contributed by atoms with Crippen LogP contribution in [0.15, 0.2) is 0 Å². The van der Waals surface area contributed by atoms with Gasteiger partial charge in [-0.25, -0.2) is 0 Å². The van der Waals surface area contributed by atoms with Gasteiger partial charge in [0.2, 0.25) is 0 Å². The predicted molar refractivity (Wildman–Crippen MR) is 87.2 cm³/mol. The van der Waals surface area contributed by atoms with Gasteiger partial charge in [-0.2, -0.15) is 0 Å². The normalized spacial score (nSPS) is 27.4. The third-order valence-corrected chi connectivity index (χ3v) is 4.50. The Bertz CT molecular complexity index is 257. The van der Waals surface area contributed by atoms with Crippen LogP contribution in [0.2, 0.25) is 0 Å². The summed E-state index contributed by atoms with van der Waals surface area (Å²) in [6.45, 7) is 14.1. The van der Waals surface area contributed by atoms with Gasteiger partial charge in [0.15, 0.2) is 0 Å². The lowest BCUT2D eigenvalue weighted by atomic mass is 9.69. The fraction of sp³-hybridized carbons (Fsp3) is 1.00. The molecule has 1 saturated carbocycles. The number of rotatable bonds is 9. The highest BCUT2D eigenvalue weighted by atomic mass is 16.5. The average molecular weight is 284 g/mol. The van der Waals surface area contributed by atoms with E-state index in [1.165, 1.54) is 32.2 Å². The molecule has 0 aromatic heterocycles. The average Bonchev–Trinajstić information content (AvgIpc) is 2.37. The van der Waals surface area contributed by atoms with E-state index in [0.29, 0.717) is 11.5 Å². The fourth-order valence-corrected chi connectivity index (χ4v) is 3.57. The Kier molecular flexibility index (Phi) is 8.08. The third kappa shape index (κ3) is 6.55. The maximum absolute atomic E-state index is 5.49. The Hall–Kier alpha value is -0.120. The number of nitrogens with one attached hydrogen (secondary N) is 1. The summed E-state index contributed by atoms with van der Waals surface area (Å²) in [6.07, 6.45) is 5.54. The zero-order valence-electron chi connectivity index (χ0n) is 14.4. The molecule has 1 fully saturated rings. The summed E-state index contributed by atoms with van der Waals surface area (Å²) in [5.74, 6) is 0.873. The van der Waals surface area contributed by atoms with Gasteiger partial charge in [0.1, 0.15) is 0 Å². The van der Waals surface area contributed by atoms with Gasteiger partial charge in [-0.05, 0) is 38.1 Å². The monoisotopic (exact) mass is 284 g/mol. The van der Waals surface area contributed by atoms with Crippen LogP contribution in [-0.2, 0) is 4.74 Å². The summed E-state index contributed by atoms with van der Waals surface area (Å²) < 4.78 is 5.49. The predicted octanol–water partition coefficient (Wildman–Crippen LogP) is 3.15. The largest absolute Gasteiger partial charge is 0.380 e. The van der Waals surface area contributed by atoms with Gasteiger partial charge in [-0.3, -0.25) is 0 Å². The lowest BCUT2D eigenvalue weighted by Crippen LogP contribution is -2.47. The molecule has 2 atom stereocenters. The van der Waals surface area contributed by atoms with E-state index in [4.69, 9.17) is 4.74 Å². The smallest absolute Gasteiger partial charge is 0.0593 e. The van der Waals surface area contributed by atoms with Crippen LogP contribution in [0.5, 0.6) is 0 Å². The van der Waals surface area contributed by atoms with Crippen LogP contribution in [0.4, 0.5) is 0 Å². The zero-order chi connectivity index (χ0) is 15.0. The first-order chi connectivity index (χ1) is 9.47. The highest BCUT2D eigenvalue weighted by Crippen LogP contribution is 2.39. The summed E-state index contributed by atoms with van der Waals surface area (Å²) in [4.78, 5) is 2.47. The van der Waals surface area contributed by atoms with Crippen molar-refractivity contribution >= 4 is 0 Å². The number of hydrogen-bond donors (Lipinski definition) is 1. The van der Waals surface area contributed by atoms with E-state index in [0.717, 1.165) is 32.2 Å². The molecule has 1 rings (SSSR count). The second-order valence-corrected chi connectivity index (χ2v) is 7.17. The van der Waals surface area contributed by atoms with Crippen molar-refractivity contribution in [2.24, 2.45) is 11.3 Å². The number of nitrogens with zero attached hydrogens (tertiary/aromatic N) is 1. The van der Waals surface area contributed by atoms with Gasteiger partial charge in [-0.15, -0.1) is 0 Å². The first kappa shape index (κ1) is 17.9. The molecule has 1 aliphatic rings. The Morgan fingerprint density at radius 3 is 2.75 bits per heavy atom. The molecule has 0 aromatic rings. The van der Waals surface area contributed by atoms with Gasteiger partial charge >= 0.3 is 0 Å². The van der Waals surface area contributed by atoms with Crippen LogP contribution >= 0.6 is 0 Å². The van der Waals surface area contributed by atoms with E-state index in [1.807, 2.05) is 0 Å². The summed E-state index contributed by atoms with van der Waals surface area (Å²) in [5.41, 5.74) is 0.461. The Morgan fingerprint density at radius 1 is 1.40 bits per heavy atom. The molecule has 0 amide bonds. The van der Waals surface area contributed by atoms with E-state index in [2.05, 4.69) is 45.0 Å². The van der Waals surface area contributed by atoms with Crippen LogP contribution in [0.25, 0.3) is 0 Å². The van der Waals surface area contributed by atoms with E-state index < -0.39 is 0 Å². The van der Waals surface area contributed by atoms with Crippen LogP contribution in [0.3, 0.4) is 0 Å². The highest BCUT2D eigenvalue weighted by Gasteiger charge is 2.35. The lowest BCUT2D eigenvalue weighted by Gasteiger charge is -2.43. The second-order valence-electron chi connectivity index (χ2n) is 7.17. The minimum absolute atomic E-state index is 0.461. The molecule has 0 spiro atoms. The van der Waals surface area contributed by atoms with E-state index in [1.54, 1.807) is 0 Å². The molecule has 0 bridgehead atoms. The van der Waals surface area contributed by atoms with Gasteiger partial charge in [0.05, 0.1) is 6.61 Å². The standard InChI is InChI=1S/C17H36N2O/c1-6-20-11-10-19(5)14-17(13-18-15(2)3)9-7-8-16(4)12-17/h15-16,18H,6-14H2,1-5H3. The SMILES string of the molecule is CCOCCN(C)CC1(CNC(C)C)CCCC(C)C1. The summed E-state index contributed by atoms with van der Waals surface area (Å²) in [5, 5.41) is 3.69. The molecule has 20 heavy (non-hydrogen) atoms. The summed E-state index contributed by atoms with van der Waals surface area (Å²) >= 11 is 0. The van der Waals surface area contributed by atoms with Crippen molar-refractivity contribution in [1.29, 1.82) is 0 Å². The Balaban J connectivity index is 2.52. The van der Waals surface area contributed by atoms with Crippen molar-refractivity contribution in [3.8, 4) is 0 Å².